The van der Waals surface area contributed by atoms with Gasteiger partial charge in [-0.15, -0.1) is 0 Å². The summed E-state index contributed by atoms with van der Waals surface area (Å²) in [4.78, 5) is 14.8. The van der Waals surface area contributed by atoms with Gasteiger partial charge in [-0.2, -0.15) is 0 Å². The number of halogens is 2. The van der Waals surface area contributed by atoms with Crippen LogP contribution in [0.15, 0.2) is 41.3 Å². The zero-order chi connectivity index (χ0) is 18.8. The highest BCUT2D eigenvalue weighted by Gasteiger charge is 2.31. The van der Waals surface area contributed by atoms with Gasteiger partial charge < -0.3 is 5.32 Å². The molecule has 2 aromatic carbocycles. The minimum Gasteiger partial charge on any atom is -0.367 e. The first kappa shape index (κ1) is 19.2. The van der Waals surface area contributed by atoms with Crippen LogP contribution in [0.25, 0.3) is 6.08 Å². The van der Waals surface area contributed by atoms with E-state index < -0.39 is 0 Å². The Kier molecular flexibility index (Phi) is 5.92. The molecule has 0 radical (unpaired) electrons. The first-order valence-corrected chi connectivity index (χ1v) is 9.85. The number of aryl methyl sites for hydroxylation is 2. The average Bonchev–Trinajstić information content (AvgIpc) is 2.85. The third-order valence-corrected chi connectivity index (χ3v) is 6.01. The molecule has 0 atom stereocenters. The van der Waals surface area contributed by atoms with Gasteiger partial charge in [-0.25, -0.2) is 0 Å². The topological polar surface area (TPSA) is 32.3 Å². The third kappa shape index (κ3) is 4.23. The van der Waals surface area contributed by atoms with Crippen molar-refractivity contribution in [2.45, 2.75) is 13.8 Å². The van der Waals surface area contributed by atoms with E-state index in [-0.39, 0.29) is 5.91 Å². The van der Waals surface area contributed by atoms with E-state index >= 15 is 0 Å². The Morgan fingerprint density at radius 2 is 1.92 bits per heavy atom. The molecule has 0 bridgehead atoms. The van der Waals surface area contributed by atoms with E-state index in [4.69, 9.17) is 35.4 Å². The van der Waals surface area contributed by atoms with E-state index in [1.54, 1.807) is 29.2 Å². The molecule has 134 valence electrons. The Morgan fingerprint density at radius 3 is 2.62 bits per heavy atom. The quantitative estimate of drug-likeness (QED) is 0.492. The molecule has 3 nitrogen and oxygen atoms in total. The van der Waals surface area contributed by atoms with Crippen LogP contribution in [0.1, 0.15) is 16.7 Å². The lowest BCUT2D eigenvalue weighted by molar-refractivity contribution is -0.121. The number of nitrogens with zero attached hydrogens (tertiary/aromatic N) is 1. The standard InChI is InChI=1S/C19H16Cl2N2OS2/c1-11-3-6-15(7-12(11)2)22-10-23-18(24)17(26-19(23)25)8-13-4-5-14(20)9-16(13)21/h3-9,22H,10H2,1-2H3. The molecule has 1 amide bonds. The summed E-state index contributed by atoms with van der Waals surface area (Å²) in [5, 5.41) is 4.30. The molecular formula is C19H16Cl2N2OS2. The Bertz CT molecular complexity index is 928. The molecule has 1 saturated heterocycles. The molecule has 1 N–H and O–H groups in total. The van der Waals surface area contributed by atoms with Gasteiger partial charge in [0.25, 0.3) is 5.91 Å². The Balaban J connectivity index is 1.74. The highest BCUT2D eigenvalue weighted by Crippen LogP contribution is 2.34. The van der Waals surface area contributed by atoms with Crippen molar-refractivity contribution < 1.29 is 4.79 Å². The molecule has 0 aliphatic carbocycles. The maximum atomic E-state index is 12.7. The first-order chi connectivity index (χ1) is 12.3. The van der Waals surface area contributed by atoms with Crippen molar-refractivity contribution in [1.82, 2.24) is 4.90 Å². The van der Waals surface area contributed by atoms with Crippen LogP contribution in [0.4, 0.5) is 5.69 Å². The molecule has 0 saturated carbocycles. The molecule has 26 heavy (non-hydrogen) atoms. The minimum absolute atomic E-state index is 0.137. The van der Waals surface area contributed by atoms with Crippen molar-refractivity contribution in [3.63, 3.8) is 0 Å². The Hall–Kier alpha value is -1.53. The van der Waals surface area contributed by atoms with Crippen LogP contribution in [0.2, 0.25) is 10.0 Å². The molecule has 1 aliphatic heterocycles. The number of hydrogen-bond acceptors (Lipinski definition) is 4. The Labute approximate surface area is 172 Å². The normalized spacial score (nSPS) is 15.8. The maximum Gasteiger partial charge on any atom is 0.267 e. The third-order valence-electron chi connectivity index (χ3n) is 4.07. The summed E-state index contributed by atoms with van der Waals surface area (Å²) in [7, 11) is 0. The molecular weight excluding hydrogens is 407 g/mol. The predicted molar refractivity (Wildman–Crippen MR) is 116 cm³/mol. The van der Waals surface area contributed by atoms with E-state index in [2.05, 4.69) is 25.2 Å². The lowest BCUT2D eigenvalue weighted by Gasteiger charge is -2.16. The fourth-order valence-corrected chi connectivity index (χ4v) is 4.13. The van der Waals surface area contributed by atoms with Gasteiger partial charge in [-0.3, -0.25) is 9.69 Å². The summed E-state index contributed by atoms with van der Waals surface area (Å²) >= 11 is 18.7. The number of anilines is 1. The van der Waals surface area contributed by atoms with Crippen molar-refractivity contribution in [2.24, 2.45) is 0 Å². The number of nitrogens with one attached hydrogen (secondary N) is 1. The number of thiocarbonyl (C=S) groups is 1. The van der Waals surface area contributed by atoms with Crippen molar-refractivity contribution in [2.75, 3.05) is 12.0 Å². The minimum atomic E-state index is -0.137. The molecule has 0 aromatic heterocycles. The van der Waals surface area contributed by atoms with Crippen molar-refractivity contribution in [3.8, 4) is 0 Å². The molecule has 2 aromatic rings. The fourth-order valence-electron chi connectivity index (χ4n) is 2.42. The zero-order valence-electron chi connectivity index (χ0n) is 14.2. The predicted octanol–water partition coefficient (Wildman–Crippen LogP) is 5.88. The molecule has 7 heteroatoms. The van der Waals surface area contributed by atoms with Gasteiger partial charge in [-0.1, -0.05) is 59.3 Å². The van der Waals surface area contributed by atoms with Gasteiger partial charge in [0.1, 0.15) is 4.32 Å². The van der Waals surface area contributed by atoms with E-state index in [0.717, 1.165) is 11.3 Å². The summed E-state index contributed by atoms with van der Waals surface area (Å²) in [5.74, 6) is -0.137. The van der Waals surface area contributed by atoms with E-state index in [9.17, 15) is 4.79 Å². The number of rotatable bonds is 4. The van der Waals surface area contributed by atoms with Gasteiger partial charge in [-0.05, 0) is 60.9 Å². The molecule has 1 aliphatic rings. The van der Waals surface area contributed by atoms with Crippen LogP contribution in [-0.4, -0.2) is 21.8 Å². The highest BCUT2D eigenvalue weighted by atomic mass is 35.5. The zero-order valence-corrected chi connectivity index (χ0v) is 17.3. The van der Waals surface area contributed by atoms with Gasteiger partial charge in [0.15, 0.2) is 0 Å². The highest BCUT2D eigenvalue weighted by molar-refractivity contribution is 8.26. The summed E-state index contributed by atoms with van der Waals surface area (Å²) in [6, 6.07) is 11.3. The lowest BCUT2D eigenvalue weighted by atomic mass is 10.1. The van der Waals surface area contributed by atoms with Crippen LogP contribution in [0, 0.1) is 13.8 Å². The second-order valence-corrected chi connectivity index (χ2v) is 8.43. The molecule has 1 heterocycles. The summed E-state index contributed by atoms with van der Waals surface area (Å²) in [6.45, 7) is 4.44. The number of amides is 1. The van der Waals surface area contributed by atoms with Crippen molar-refractivity contribution in [3.05, 3.63) is 68.0 Å². The summed E-state index contributed by atoms with van der Waals surface area (Å²) in [5.41, 5.74) is 4.10. The monoisotopic (exact) mass is 422 g/mol. The number of thioether (sulfide) groups is 1. The van der Waals surface area contributed by atoms with Crippen LogP contribution < -0.4 is 5.32 Å². The van der Waals surface area contributed by atoms with Crippen LogP contribution in [0.3, 0.4) is 0 Å². The maximum absolute atomic E-state index is 12.7. The van der Waals surface area contributed by atoms with Crippen molar-refractivity contribution in [1.29, 1.82) is 0 Å². The second-order valence-electron chi connectivity index (χ2n) is 5.91. The average molecular weight is 423 g/mol. The van der Waals surface area contributed by atoms with E-state index in [1.165, 1.54) is 22.9 Å². The van der Waals surface area contributed by atoms with Crippen LogP contribution >= 0.6 is 47.2 Å². The number of carbonyl (C=O) groups excluding carboxylic acids is 1. The van der Waals surface area contributed by atoms with E-state index in [0.29, 0.717) is 25.9 Å². The van der Waals surface area contributed by atoms with Crippen LogP contribution in [0.5, 0.6) is 0 Å². The molecule has 0 unspecified atom stereocenters. The van der Waals surface area contributed by atoms with Crippen molar-refractivity contribution >= 4 is 69.2 Å². The summed E-state index contributed by atoms with van der Waals surface area (Å²) < 4.78 is 0.516. The lowest BCUT2D eigenvalue weighted by Crippen LogP contribution is -2.33. The first-order valence-electron chi connectivity index (χ1n) is 7.86. The van der Waals surface area contributed by atoms with Gasteiger partial charge in [0.2, 0.25) is 0 Å². The van der Waals surface area contributed by atoms with Gasteiger partial charge in [0.05, 0.1) is 11.6 Å². The van der Waals surface area contributed by atoms with Gasteiger partial charge >= 0.3 is 0 Å². The van der Waals surface area contributed by atoms with Crippen LogP contribution in [-0.2, 0) is 4.79 Å². The Morgan fingerprint density at radius 1 is 1.15 bits per heavy atom. The fraction of sp³-hybridized carbons (Fsp3) is 0.158. The smallest absolute Gasteiger partial charge is 0.267 e. The van der Waals surface area contributed by atoms with E-state index in [1.807, 2.05) is 12.1 Å². The SMILES string of the molecule is Cc1ccc(NCN2C(=O)C(=Cc3ccc(Cl)cc3Cl)SC2=S)cc1C. The molecule has 1 fully saturated rings. The summed E-state index contributed by atoms with van der Waals surface area (Å²) in [6.07, 6.45) is 1.74. The number of benzene rings is 2. The molecule has 0 spiro atoms. The number of hydrogen-bond donors (Lipinski definition) is 1. The van der Waals surface area contributed by atoms with Gasteiger partial charge in [0, 0.05) is 15.7 Å². The number of carbonyl (C=O) groups is 1. The largest absolute Gasteiger partial charge is 0.367 e. The molecule has 3 rings (SSSR count). The second kappa shape index (κ2) is 8.01.